The SMILES string of the molecule is c1c2c(c3ccccc3c#1)Oc1cccc3c1B2c1ccc2ccccc2c1O3. The van der Waals surface area contributed by atoms with E-state index in [0.717, 1.165) is 55.5 Å². The molecule has 5 aromatic rings. The molecule has 0 saturated carbocycles. The van der Waals surface area contributed by atoms with E-state index in [1.54, 1.807) is 0 Å². The first-order valence-corrected chi connectivity index (χ1v) is 9.74. The van der Waals surface area contributed by atoms with Crippen molar-refractivity contribution in [2.24, 2.45) is 0 Å². The molecule has 0 aliphatic carbocycles. The first-order valence-electron chi connectivity index (χ1n) is 9.74. The van der Waals surface area contributed by atoms with Crippen molar-refractivity contribution in [2.45, 2.75) is 0 Å². The van der Waals surface area contributed by atoms with Gasteiger partial charge in [-0.15, -0.1) is 0 Å². The van der Waals surface area contributed by atoms with E-state index in [9.17, 15) is 0 Å². The van der Waals surface area contributed by atoms with E-state index in [4.69, 9.17) is 9.47 Å². The number of rotatable bonds is 0. The molecule has 0 unspecified atom stereocenters. The monoisotopic (exact) mass is 368 g/mol. The topological polar surface area (TPSA) is 18.5 Å². The van der Waals surface area contributed by atoms with Gasteiger partial charge in [0.25, 0.3) is 6.71 Å². The van der Waals surface area contributed by atoms with Crippen molar-refractivity contribution in [3.05, 3.63) is 91.0 Å². The molecule has 0 saturated heterocycles. The van der Waals surface area contributed by atoms with E-state index < -0.39 is 0 Å². The highest BCUT2D eigenvalue weighted by Gasteiger charge is 2.41. The molecule has 0 aromatic heterocycles. The highest BCUT2D eigenvalue weighted by Crippen LogP contribution is 2.38. The third-order valence-electron chi connectivity index (χ3n) is 6.00. The van der Waals surface area contributed by atoms with Crippen LogP contribution < -0.4 is 25.9 Å². The molecule has 0 amide bonds. The zero-order chi connectivity index (χ0) is 18.9. The minimum Gasteiger partial charge on any atom is -0.458 e. The molecule has 0 spiro atoms. The maximum Gasteiger partial charge on any atom is 0.271 e. The molecule has 132 valence electrons. The Morgan fingerprint density at radius 3 is 2.28 bits per heavy atom. The fraction of sp³-hybridized carbons (Fsp3) is 0. The summed E-state index contributed by atoms with van der Waals surface area (Å²) >= 11 is 0. The van der Waals surface area contributed by atoms with Gasteiger partial charge in [0.15, 0.2) is 0 Å². The number of hydrogen-bond acceptors (Lipinski definition) is 2. The van der Waals surface area contributed by atoms with Gasteiger partial charge in [0.2, 0.25) is 0 Å². The summed E-state index contributed by atoms with van der Waals surface area (Å²) in [5, 5.41) is 4.37. The molecule has 2 aliphatic rings. The molecule has 3 heteroatoms. The van der Waals surface area contributed by atoms with Crippen LogP contribution in [0.3, 0.4) is 0 Å². The molecule has 0 atom stereocenters. The summed E-state index contributed by atoms with van der Waals surface area (Å²) in [4.78, 5) is 0. The van der Waals surface area contributed by atoms with Gasteiger partial charge < -0.3 is 9.47 Å². The molecule has 0 N–H and O–H groups in total. The minimum absolute atomic E-state index is 0.0131. The van der Waals surface area contributed by atoms with Crippen LogP contribution in [0.15, 0.2) is 78.9 Å². The van der Waals surface area contributed by atoms with Crippen molar-refractivity contribution in [3.63, 3.8) is 0 Å². The van der Waals surface area contributed by atoms with Crippen LogP contribution in [0.5, 0.6) is 23.0 Å². The summed E-state index contributed by atoms with van der Waals surface area (Å²) in [5.41, 5.74) is 3.24. The van der Waals surface area contributed by atoms with Crippen LogP contribution in [0.4, 0.5) is 0 Å². The number of ether oxygens (including phenoxy) is 2. The Kier molecular flexibility index (Phi) is 2.77. The molecule has 0 fully saturated rings. The summed E-state index contributed by atoms with van der Waals surface area (Å²) in [6, 6.07) is 33.7. The van der Waals surface area contributed by atoms with Crippen molar-refractivity contribution in [1.29, 1.82) is 0 Å². The largest absolute Gasteiger partial charge is 0.458 e. The highest BCUT2D eigenvalue weighted by atomic mass is 16.5. The molecule has 5 aromatic carbocycles. The Balaban J connectivity index is 1.60. The summed E-state index contributed by atoms with van der Waals surface area (Å²) in [7, 11) is 0. The van der Waals surface area contributed by atoms with Gasteiger partial charge in [-0.25, -0.2) is 0 Å². The maximum absolute atomic E-state index is 6.44. The lowest BCUT2D eigenvalue weighted by Crippen LogP contribution is -2.57. The van der Waals surface area contributed by atoms with Gasteiger partial charge in [-0.05, 0) is 35.1 Å². The Bertz CT molecular complexity index is 1360. The van der Waals surface area contributed by atoms with Crippen molar-refractivity contribution < 1.29 is 9.47 Å². The van der Waals surface area contributed by atoms with Crippen molar-refractivity contribution in [1.82, 2.24) is 0 Å². The standard InChI is InChI=1S/C26H13BO2/c1-3-8-18-16(6-1)12-14-20-25(18)28-22-10-5-11-23-24(22)27(20)21-15-13-17-7-2-4-9-19(17)26(21)29-23/h1-12,14H. The average Bonchev–Trinajstić information content (AvgIpc) is 2.79. The Labute approximate surface area is 168 Å². The average molecular weight is 368 g/mol. The normalized spacial score (nSPS) is 13.0. The van der Waals surface area contributed by atoms with E-state index in [2.05, 4.69) is 54.6 Å². The lowest BCUT2D eigenvalue weighted by atomic mass is 9.35. The molecule has 0 bridgehead atoms. The number of benzene rings is 4. The summed E-state index contributed by atoms with van der Waals surface area (Å²) in [5.74, 6) is 3.49. The number of hydrogen-bond donors (Lipinski definition) is 0. The fourth-order valence-corrected chi connectivity index (χ4v) is 4.70. The molecule has 2 aliphatic heterocycles. The van der Waals surface area contributed by atoms with Gasteiger partial charge >= 0.3 is 0 Å². The molecule has 2 nitrogen and oxygen atoms in total. The Morgan fingerprint density at radius 1 is 0.621 bits per heavy atom. The molecular weight excluding hydrogens is 355 g/mol. The second-order valence-electron chi connectivity index (χ2n) is 7.55. The first kappa shape index (κ1) is 15.1. The van der Waals surface area contributed by atoms with E-state index in [1.807, 2.05) is 36.4 Å². The van der Waals surface area contributed by atoms with Crippen LogP contribution in [0.1, 0.15) is 0 Å². The molecule has 7 rings (SSSR count). The van der Waals surface area contributed by atoms with Crippen molar-refractivity contribution in [2.75, 3.05) is 0 Å². The van der Waals surface area contributed by atoms with Gasteiger partial charge in [0.05, 0.1) is 0 Å². The predicted molar refractivity (Wildman–Crippen MR) is 117 cm³/mol. The predicted octanol–water partition coefficient (Wildman–Crippen LogP) is 4.32. The lowest BCUT2D eigenvalue weighted by molar-refractivity contribution is 0.470. The Morgan fingerprint density at radius 2 is 1.38 bits per heavy atom. The van der Waals surface area contributed by atoms with Crippen LogP contribution in [-0.2, 0) is 0 Å². The minimum atomic E-state index is 0.0131. The zero-order valence-electron chi connectivity index (χ0n) is 15.4. The van der Waals surface area contributed by atoms with E-state index in [1.165, 1.54) is 5.39 Å². The molecular formula is C26H13BO2. The Hall–Kier alpha value is -3.90. The maximum atomic E-state index is 6.44. The highest BCUT2D eigenvalue weighted by molar-refractivity contribution is 6.98. The second kappa shape index (κ2) is 5.34. The van der Waals surface area contributed by atoms with E-state index >= 15 is 0 Å². The number of fused-ring (bicyclic) bond motifs is 8. The lowest BCUT2D eigenvalue weighted by Gasteiger charge is -2.32. The van der Waals surface area contributed by atoms with Crippen LogP contribution in [0.25, 0.3) is 21.5 Å². The molecule has 0 radical (unpaired) electrons. The van der Waals surface area contributed by atoms with Crippen LogP contribution in [-0.4, -0.2) is 6.71 Å². The molecule has 2 heterocycles. The zero-order valence-corrected chi connectivity index (χ0v) is 15.4. The molecule has 29 heavy (non-hydrogen) atoms. The quantitative estimate of drug-likeness (QED) is 0.371. The van der Waals surface area contributed by atoms with Gasteiger partial charge in [0.1, 0.15) is 23.0 Å². The van der Waals surface area contributed by atoms with Gasteiger partial charge in [-0.2, -0.15) is 0 Å². The fourth-order valence-electron chi connectivity index (χ4n) is 4.70. The first-order chi connectivity index (χ1) is 14.4. The van der Waals surface area contributed by atoms with Gasteiger partial charge in [-0.3, -0.25) is 0 Å². The van der Waals surface area contributed by atoms with Crippen molar-refractivity contribution >= 4 is 44.6 Å². The van der Waals surface area contributed by atoms with Crippen LogP contribution in [0, 0.1) is 12.1 Å². The van der Waals surface area contributed by atoms with Crippen LogP contribution >= 0.6 is 0 Å². The van der Waals surface area contributed by atoms with Crippen molar-refractivity contribution in [3.8, 4) is 23.0 Å². The van der Waals surface area contributed by atoms with E-state index in [-0.39, 0.29) is 6.71 Å². The summed E-state index contributed by atoms with van der Waals surface area (Å²) < 4.78 is 12.8. The third kappa shape index (κ3) is 1.93. The third-order valence-corrected chi connectivity index (χ3v) is 6.00. The summed E-state index contributed by atoms with van der Waals surface area (Å²) in [6.45, 7) is 0.0131. The summed E-state index contributed by atoms with van der Waals surface area (Å²) in [6.07, 6.45) is 0. The second-order valence-corrected chi connectivity index (χ2v) is 7.55. The van der Waals surface area contributed by atoms with E-state index in [0.29, 0.717) is 0 Å². The van der Waals surface area contributed by atoms with Gasteiger partial charge in [0, 0.05) is 27.1 Å². The smallest absolute Gasteiger partial charge is 0.271 e. The van der Waals surface area contributed by atoms with Crippen LogP contribution in [0.2, 0.25) is 0 Å². The van der Waals surface area contributed by atoms with Gasteiger partial charge in [-0.1, -0.05) is 66.7 Å².